The van der Waals surface area contributed by atoms with Crippen molar-refractivity contribution in [1.29, 1.82) is 0 Å². The molecule has 0 heterocycles. The SMILES string of the molecule is CC1=C(O)CCc2ccccc21.CC=O. The van der Waals surface area contributed by atoms with Gasteiger partial charge < -0.3 is 9.90 Å². The first-order valence-electron chi connectivity index (χ1n) is 5.07. The van der Waals surface area contributed by atoms with Crippen LogP contribution in [-0.2, 0) is 11.2 Å². The summed E-state index contributed by atoms with van der Waals surface area (Å²) in [6.07, 6.45) is 2.52. The van der Waals surface area contributed by atoms with Crippen molar-refractivity contribution < 1.29 is 9.90 Å². The number of carbonyl (C=O) groups is 1. The van der Waals surface area contributed by atoms with Crippen molar-refractivity contribution >= 4 is 11.9 Å². The molecular weight excluding hydrogens is 188 g/mol. The Kier molecular flexibility index (Phi) is 4.10. The molecule has 1 aliphatic rings. The lowest BCUT2D eigenvalue weighted by Gasteiger charge is -2.16. The Balaban J connectivity index is 0.000000337. The zero-order valence-corrected chi connectivity index (χ0v) is 9.16. The van der Waals surface area contributed by atoms with Crippen molar-refractivity contribution in [3.05, 3.63) is 41.2 Å². The summed E-state index contributed by atoms with van der Waals surface area (Å²) in [5, 5.41) is 9.50. The Bertz CT molecular complexity index is 378. The topological polar surface area (TPSA) is 37.3 Å². The molecule has 1 aliphatic carbocycles. The van der Waals surface area contributed by atoms with Crippen LogP contribution in [0.4, 0.5) is 0 Å². The predicted octanol–water partition coefficient (Wildman–Crippen LogP) is 3.13. The van der Waals surface area contributed by atoms with Crippen LogP contribution in [0.3, 0.4) is 0 Å². The molecule has 1 N–H and O–H groups in total. The largest absolute Gasteiger partial charge is 0.512 e. The maximum Gasteiger partial charge on any atom is 0.116 e. The van der Waals surface area contributed by atoms with Gasteiger partial charge in [0.1, 0.15) is 6.29 Å². The lowest BCUT2D eigenvalue weighted by atomic mass is 9.91. The number of hydrogen-bond acceptors (Lipinski definition) is 2. The fourth-order valence-corrected chi connectivity index (χ4v) is 1.70. The van der Waals surface area contributed by atoms with Gasteiger partial charge in [0.15, 0.2) is 0 Å². The molecule has 0 saturated heterocycles. The average molecular weight is 204 g/mol. The molecule has 1 aromatic rings. The molecule has 0 unspecified atom stereocenters. The molecule has 80 valence electrons. The number of aryl methyl sites for hydroxylation is 1. The summed E-state index contributed by atoms with van der Waals surface area (Å²) in [5.41, 5.74) is 3.60. The number of rotatable bonds is 0. The summed E-state index contributed by atoms with van der Waals surface area (Å²) < 4.78 is 0. The number of aliphatic hydroxyl groups is 1. The number of fused-ring (bicyclic) bond motifs is 1. The average Bonchev–Trinajstić information content (AvgIpc) is 2.25. The van der Waals surface area contributed by atoms with Crippen LogP contribution in [-0.4, -0.2) is 11.4 Å². The fraction of sp³-hybridized carbons (Fsp3) is 0.308. The summed E-state index contributed by atoms with van der Waals surface area (Å²) in [6.45, 7) is 3.42. The summed E-state index contributed by atoms with van der Waals surface area (Å²) in [5.74, 6) is 0.550. The molecule has 0 bridgehead atoms. The minimum Gasteiger partial charge on any atom is -0.512 e. The fourth-order valence-electron chi connectivity index (χ4n) is 1.70. The monoisotopic (exact) mass is 204 g/mol. The Morgan fingerprint density at radius 3 is 2.53 bits per heavy atom. The Labute approximate surface area is 90.3 Å². The van der Waals surface area contributed by atoms with Crippen LogP contribution in [0.1, 0.15) is 31.4 Å². The molecule has 0 aromatic heterocycles. The van der Waals surface area contributed by atoms with E-state index >= 15 is 0 Å². The summed E-state index contributed by atoms with van der Waals surface area (Å²) >= 11 is 0. The van der Waals surface area contributed by atoms with Crippen LogP contribution < -0.4 is 0 Å². The molecule has 0 saturated carbocycles. The first kappa shape index (κ1) is 11.5. The van der Waals surface area contributed by atoms with Crippen molar-refractivity contribution in [3.8, 4) is 0 Å². The molecule has 15 heavy (non-hydrogen) atoms. The Hall–Kier alpha value is -1.57. The predicted molar refractivity (Wildman–Crippen MR) is 61.7 cm³/mol. The Morgan fingerprint density at radius 1 is 1.27 bits per heavy atom. The molecule has 0 spiro atoms. The third-order valence-corrected chi connectivity index (χ3v) is 2.49. The summed E-state index contributed by atoms with van der Waals surface area (Å²) in [4.78, 5) is 8.81. The van der Waals surface area contributed by atoms with Gasteiger partial charge in [-0.15, -0.1) is 0 Å². The van der Waals surface area contributed by atoms with E-state index in [2.05, 4.69) is 18.2 Å². The number of aldehydes is 1. The van der Waals surface area contributed by atoms with Crippen molar-refractivity contribution in [2.75, 3.05) is 0 Å². The molecule has 1 aromatic carbocycles. The van der Waals surface area contributed by atoms with E-state index in [4.69, 9.17) is 4.79 Å². The van der Waals surface area contributed by atoms with E-state index in [0.29, 0.717) is 5.76 Å². The maximum absolute atomic E-state index is 9.50. The van der Waals surface area contributed by atoms with Crippen molar-refractivity contribution in [3.63, 3.8) is 0 Å². The van der Waals surface area contributed by atoms with Crippen LogP contribution in [0.15, 0.2) is 30.0 Å². The van der Waals surface area contributed by atoms with E-state index in [9.17, 15) is 5.11 Å². The van der Waals surface area contributed by atoms with Crippen LogP contribution >= 0.6 is 0 Å². The third kappa shape index (κ3) is 2.69. The van der Waals surface area contributed by atoms with Gasteiger partial charge in [0.25, 0.3) is 0 Å². The number of hydrogen-bond donors (Lipinski definition) is 1. The maximum atomic E-state index is 9.50. The van der Waals surface area contributed by atoms with Gasteiger partial charge in [0.05, 0.1) is 5.76 Å². The van der Waals surface area contributed by atoms with E-state index in [-0.39, 0.29) is 0 Å². The number of aliphatic hydroxyl groups excluding tert-OH is 1. The molecule has 0 fully saturated rings. The van der Waals surface area contributed by atoms with Crippen molar-refractivity contribution in [1.82, 2.24) is 0 Å². The van der Waals surface area contributed by atoms with Crippen molar-refractivity contribution in [2.24, 2.45) is 0 Å². The molecule has 0 atom stereocenters. The van der Waals surface area contributed by atoms with E-state index in [0.717, 1.165) is 24.7 Å². The van der Waals surface area contributed by atoms with Gasteiger partial charge in [-0.05, 0) is 37.0 Å². The highest BCUT2D eigenvalue weighted by molar-refractivity contribution is 5.69. The van der Waals surface area contributed by atoms with Crippen molar-refractivity contribution in [2.45, 2.75) is 26.7 Å². The highest BCUT2D eigenvalue weighted by atomic mass is 16.3. The van der Waals surface area contributed by atoms with Gasteiger partial charge in [-0.1, -0.05) is 24.3 Å². The van der Waals surface area contributed by atoms with Crippen LogP contribution in [0.25, 0.3) is 5.57 Å². The van der Waals surface area contributed by atoms with Crippen LogP contribution in [0.5, 0.6) is 0 Å². The Morgan fingerprint density at radius 2 is 1.87 bits per heavy atom. The lowest BCUT2D eigenvalue weighted by molar-refractivity contribution is -0.106. The van der Waals surface area contributed by atoms with Gasteiger partial charge >= 0.3 is 0 Å². The number of benzene rings is 1. The van der Waals surface area contributed by atoms with E-state index in [1.165, 1.54) is 18.1 Å². The molecule has 0 radical (unpaired) electrons. The van der Waals surface area contributed by atoms with Gasteiger partial charge in [-0.3, -0.25) is 0 Å². The molecule has 0 amide bonds. The third-order valence-electron chi connectivity index (χ3n) is 2.49. The van der Waals surface area contributed by atoms with Crippen LogP contribution in [0.2, 0.25) is 0 Å². The van der Waals surface area contributed by atoms with E-state index in [1.807, 2.05) is 13.0 Å². The zero-order chi connectivity index (χ0) is 11.3. The normalized spacial score (nSPS) is 13.7. The summed E-state index contributed by atoms with van der Waals surface area (Å²) in [6, 6.07) is 8.26. The van der Waals surface area contributed by atoms with Gasteiger partial charge in [0.2, 0.25) is 0 Å². The second-order valence-corrected chi connectivity index (χ2v) is 3.46. The van der Waals surface area contributed by atoms with Gasteiger partial charge in [-0.2, -0.15) is 0 Å². The molecule has 2 rings (SSSR count). The minimum atomic E-state index is 0.550. The second-order valence-electron chi connectivity index (χ2n) is 3.46. The number of carbonyl (C=O) groups excluding carboxylic acids is 1. The first-order chi connectivity index (χ1) is 7.20. The minimum absolute atomic E-state index is 0.550. The van der Waals surface area contributed by atoms with Crippen LogP contribution in [0, 0.1) is 0 Å². The smallest absolute Gasteiger partial charge is 0.116 e. The quantitative estimate of drug-likeness (QED) is 0.659. The molecule has 2 nitrogen and oxygen atoms in total. The second kappa shape index (κ2) is 5.35. The van der Waals surface area contributed by atoms with Gasteiger partial charge in [-0.25, -0.2) is 0 Å². The van der Waals surface area contributed by atoms with Gasteiger partial charge in [0, 0.05) is 6.42 Å². The first-order valence-corrected chi connectivity index (χ1v) is 5.07. The standard InChI is InChI=1S/C11H12O.C2H4O/c1-8-10-5-3-2-4-9(10)6-7-11(8)12;1-2-3/h2-5,12H,6-7H2,1H3;2H,1H3. The highest BCUT2D eigenvalue weighted by Crippen LogP contribution is 2.28. The molecule has 0 aliphatic heterocycles. The molecular formula is C13H16O2. The van der Waals surface area contributed by atoms with E-state index < -0.39 is 0 Å². The molecule has 2 heteroatoms. The lowest BCUT2D eigenvalue weighted by Crippen LogP contribution is -2.02. The summed E-state index contributed by atoms with van der Waals surface area (Å²) in [7, 11) is 0. The highest BCUT2D eigenvalue weighted by Gasteiger charge is 2.13. The number of allylic oxidation sites excluding steroid dienone is 2. The zero-order valence-electron chi connectivity index (χ0n) is 9.16. The van der Waals surface area contributed by atoms with E-state index in [1.54, 1.807) is 0 Å².